The molecule has 0 saturated carbocycles. The van der Waals surface area contributed by atoms with Gasteiger partial charge in [0.15, 0.2) is 6.10 Å². The Bertz CT molecular complexity index is 905. The van der Waals surface area contributed by atoms with Gasteiger partial charge in [-0.15, -0.1) is 11.3 Å². The van der Waals surface area contributed by atoms with Crippen LogP contribution in [0.25, 0.3) is 0 Å². The Morgan fingerprint density at radius 3 is 2.38 bits per heavy atom. The third-order valence-electron chi connectivity index (χ3n) is 3.92. The molecule has 3 amide bonds. The quantitative estimate of drug-likeness (QED) is 0.600. The summed E-state index contributed by atoms with van der Waals surface area (Å²) in [5.41, 5.74) is 0.916. The summed E-state index contributed by atoms with van der Waals surface area (Å²) in [5, 5.41) is 18.8. The van der Waals surface area contributed by atoms with Gasteiger partial charge in [-0.1, -0.05) is 32.0 Å². The topological polar surface area (TPSA) is 120 Å². The Balaban J connectivity index is 1.95. The zero-order valence-corrected chi connectivity index (χ0v) is 17.1. The van der Waals surface area contributed by atoms with E-state index in [1.165, 1.54) is 18.3 Å². The average Bonchev–Trinajstić information content (AvgIpc) is 3.13. The number of benzene rings is 1. The molecule has 0 radical (unpaired) electrons. The van der Waals surface area contributed by atoms with Gasteiger partial charge in [-0.25, -0.2) is 9.59 Å². The van der Waals surface area contributed by atoms with E-state index in [-0.39, 0.29) is 5.92 Å². The number of carbonyl (C=O) groups is 3. The SMILES string of the molecule is CC(C)[C@H](NC(=O)Nc1ccccc1)C(=O)O[C@@H](C)C(=O)Nc1sccc1C#N. The first-order chi connectivity index (χ1) is 13.8. The van der Waals surface area contributed by atoms with Crippen molar-refractivity contribution in [2.24, 2.45) is 5.92 Å². The van der Waals surface area contributed by atoms with Crippen LogP contribution >= 0.6 is 11.3 Å². The molecule has 1 aromatic carbocycles. The van der Waals surface area contributed by atoms with E-state index in [9.17, 15) is 14.4 Å². The molecule has 0 saturated heterocycles. The summed E-state index contributed by atoms with van der Waals surface area (Å²) < 4.78 is 5.24. The zero-order valence-electron chi connectivity index (χ0n) is 16.3. The minimum absolute atomic E-state index is 0.262. The molecule has 1 aromatic heterocycles. The Morgan fingerprint density at radius 1 is 1.07 bits per heavy atom. The van der Waals surface area contributed by atoms with Crippen molar-refractivity contribution >= 4 is 39.9 Å². The van der Waals surface area contributed by atoms with Gasteiger partial charge in [0.2, 0.25) is 0 Å². The van der Waals surface area contributed by atoms with Crippen molar-refractivity contribution in [1.29, 1.82) is 5.26 Å². The fourth-order valence-corrected chi connectivity index (χ4v) is 3.08. The van der Waals surface area contributed by atoms with Gasteiger partial charge < -0.3 is 20.7 Å². The zero-order chi connectivity index (χ0) is 21.4. The van der Waals surface area contributed by atoms with Crippen molar-refractivity contribution < 1.29 is 19.1 Å². The van der Waals surface area contributed by atoms with Gasteiger partial charge in [0, 0.05) is 5.69 Å². The number of thiophene rings is 1. The summed E-state index contributed by atoms with van der Waals surface area (Å²) >= 11 is 1.20. The molecule has 2 aromatic rings. The number of esters is 1. The normalized spacial score (nSPS) is 12.4. The van der Waals surface area contributed by atoms with Gasteiger partial charge in [-0.2, -0.15) is 5.26 Å². The Kier molecular flexibility index (Phi) is 7.74. The van der Waals surface area contributed by atoms with E-state index in [2.05, 4.69) is 16.0 Å². The van der Waals surface area contributed by atoms with Gasteiger partial charge in [0.05, 0.1) is 5.56 Å². The summed E-state index contributed by atoms with van der Waals surface area (Å²) in [5.74, 6) is -1.55. The largest absolute Gasteiger partial charge is 0.451 e. The molecule has 9 heteroatoms. The van der Waals surface area contributed by atoms with E-state index >= 15 is 0 Å². The number of anilines is 2. The first-order valence-electron chi connectivity index (χ1n) is 8.93. The Labute approximate surface area is 172 Å². The number of nitriles is 1. The van der Waals surface area contributed by atoms with Crippen molar-refractivity contribution in [3.8, 4) is 6.07 Å². The maximum atomic E-state index is 12.5. The fraction of sp³-hybridized carbons (Fsp3) is 0.300. The predicted octanol–water partition coefficient (Wildman–Crippen LogP) is 3.34. The smallest absolute Gasteiger partial charge is 0.329 e. The molecule has 0 aliphatic carbocycles. The second kappa shape index (κ2) is 10.2. The first kappa shape index (κ1) is 21.9. The third-order valence-corrected chi connectivity index (χ3v) is 4.75. The van der Waals surface area contributed by atoms with Crippen LogP contribution in [0.5, 0.6) is 0 Å². The molecule has 3 N–H and O–H groups in total. The van der Waals surface area contributed by atoms with Crippen molar-refractivity contribution in [3.63, 3.8) is 0 Å². The lowest BCUT2D eigenvalue weighted by molar-refractivity contribution is -0.156. The van der Waals surface area contributed by atoms with E-state index in [4.69, 9.17) is 10.00 Å². The minimum atomic E-state index is -1.10. The Hall–Kier alpha value is -3.38. The summed E-state index contributed by atoms with van der Waals surface area (Å²) in [6, 6.07) is 10.9. The molecule has 8 nitrogen and oxygen atoms in total. The molecule has 0 unspecified atom stereocenters. The number of urea groups is 1. The first-order valence-corrected chi connectivity index (χ1v) is 9.81. The second-order valence-corrected chi connectivity index (χ2v) is 7.45. The van der Waals surface area contributed by atoms with E-state index in [1.807, 2.05) is 12.1 Å². The number of para-hydroxylation sites is 1. The summed E-state index contributed by atoms with van der Waals surface area (Å²) in [7, 11) is 0. The summed E-state index contributed by atoms with van der Waals surface area (Å²) in [6.07, 6.45) is -1.10. The number of hydrogen-bond donors (Lipinski definition) is 3. The number of hydrogen-bond acceptors (Lipinski definition) is 6. The van der Waals surface area contributed by atoms with Crippen LogP contribution in [0, 0.1) is 17.2 Å². The number of ether oxygens (including phenoxy) is 1. The molecular weight excluding hydrogens is 392 g/mol. The number of amides is 3. The third kappa shape index (κ3) is 6.33. The highest BCUT2D eigenvalue weighted by Gasteiger charge is 2.29. The van der Waals surface area contributed by atoms with Crippen LogP contribution in [0.4, 0.5) is 15.5 Å². The lowest BCUT2D eigenvalue weighted by Crippen LogP contribution is -2.48. The highest BCUT2D eigenvalue weighted by molar-refractivity contribution is 7.14. The predicted molar refractivity (Wildman–Crippen MR) is 110 cm³/mol. The van der Waals surface area contributed by atoms with E-state index < -0.39 is 30.1 Å². The van der Waals surface area contributed by atoms with Crippen molar-refractivity contribution in [1.82, 2.24) is 5.32 Å². The lowest BCUT2D eigenvalue weighted by Gasteiger charge is -2.23. The monoisotopic (exact) mass is 414 g/mol. The van der Waals surface area contributed by atoms with Gasteiger partial charge >= 0.3 is 12.0 Å². The molecule has 0 bridgehead atoms. The van der Waals surface area contributed by atoms with Crippen LogP contribution < -0.4 is 16.0 Å². The van der Waals surface area contributed by atoms with Crippen molar-refractivity contribution in [2.75, 3.05) is 10.6 Å². The molecule has 0 fully saturated rings. The van der Waals surface area contributed by atoms with Crippen LogP contribution in [-0.4, -0.2) is 30.1 Å². The molecule has 152 valence electrons. The fourth-order valence-electron chi connectivity index (χ4n) is 2.34. The van der Waals surface area contributed by atoms with Gasteiger partial charge in [-0.3, -0.25) is 4.79 Å². The van der Waals surface area contributed by atoms with Crippen LogP contribution in [0.1, 0.15) is 26.3 Å². The number of rotatable bonds is 7. The van der Waals surface area contributed by atoms with Crippen LogP contribution in [0.15, 0.2) is 41.8 Å². The van der Waals surface area contributed by atoms with Gasteiger partial charge in [0.1, 0.15) is 17.1 Å². The molecular formula is C20H22N4O4S. The van der Waals surface area contributed by atoms with Crippen LogP contribution in [-0.2, 0) is 14.3 Å². The molecule has 29 heavy (non-hydrogen) atoms. The molecule has 0 spiro atoms. The van der Waals surface area contributed by atoms with Gasteiger partial charge in [-0.05, 0) is 36.4 Å². The molecule has 2 rings (SSSR count). The molecule has 1 heterocycles. The van der Waals surface area contributed by atoms with Crippen LogP contribution in [0.2, 0.25) is 0 Å². The minimum Gasteiger partial charge on any atom is -0.451 e. The van der Waals surface area contributed by atoms with Crippen molar-refractivity contribution in [2.45, 2.75) is 32.9 Å². The van der Waals surface area contributed by atoms with E-state index in [1.54, 1.807) is 49.6 Å². The molecule has 2 atom stereocenters. The average molecular weight is 414 g/mol. The van der Waals surface area contributed by atoms with E-state index in [0.29, 0.717) is 16.3 Å². The highest BCUT2D eigenvalue weighted by atomic mass is 32.1. The highest BCUT2D eigenvalue weighted by Crippen LogP contribution is 2.22. The number of carbonyl (C=O) groups excluding carboxylic acids is 3. The maximum absolute atomic E-state index is 12.5. The lowest BCUT2D eigenvalue weighted by atomic mass is 10.0. The van der Waals surface area contributed by atoms with E-state index in [0.717, 1.165) is 0 Å². The second-order valence-electron chi connectivity index (χ2n) is 6.53. The number of nitrogens with one attached hydrogen (secondary N) is 3. The number of nitrogens with zero attached hydrogens (tertiary/aromatic N) is 1. The Morgan fingerprint density at radius 2 is 1.76 bits per heavy atom. The maximum Gasteiger partial charge on any atom is 0.329 e. The standard InChI is InChI=1S/C20H22N4O4S/c1-12(2)16(23-20(27)22-15-7-5-4-6-8-15)19(26)28-13(3)17(25)24-18-14(11-21)9-10-29-18/h4-10,12-13,16H,1-3H3,(H,24,25)(H2,22,23,27)/t13-,16-/m0/s1. The van der Waals surface area contributed by atoms with Gasteiger partial charge in [0.25, 0.3) is 5.91 Å². The summed E-state index contributed by atoms with van der Waals surface area (Å²) in [6.45, 7) is 4.93. The summed E-state index contributed by atoms with van der Waals surface area (Å²) in [4.78, 5) is 37.0. The molecule has 0 aliphatic heterocycles. The molecule has 0 aliphatic rings. The van der Waals surface area contributed by atoms with Crippen molar-refractivity contribution in [3.05, 3.63) is 47.3 Å². The van der Waals surface area contributed by atoms with Crippen LogP contribution in [0.3, 0.4) is 0 Å².